The van der Waals surface area contributed by atoms with E-state index in [1.807, 2.05) is 37.3 Å². The summed E-state index contributed by atoms with van der Waals surface area (Å²) in [4.78, 5) is 24.1. The number of nitrogens with zero attached hydrogens (tertiary/aromatic N) is 1. The van der Waals surface area contributed by atoms with Crippen LogP contribution in [0.4, 0.5) is 5.69 Å². The minimum atomic E-state index is -4.06. The van der Waals surface area contributed by atoms with E-state index in [1.165, 1.54) is 31.2 Å². The molecular weight excluding hydrogens is 474 g/mol. The van der Waals surface area contributed by atoms with Crippen molar-refractivity contribution in [1.82, 2.24) is 9.62 Å². The van der Waals surface area contributed by atoms with Gasteiger partial charge in [0.05, 0.1) is 17.5 Å². The van der Waals surface area contributed by atoms with Crippen LogP contribution in [-0.4, -0.2) is 31.1 Å². The number of amides is 2. The van der Waals surface area contributed by atoms with Gasteiger partial charge in [-0.2, -0.15) is 4.31 Å². The van der Waals surface area contributed by atoms with Crippen molar-refractivity contribution in [3.63, 3.8) is 0 Å². The van der Waals surface area contributed by atoms with E-state index >= 15 is 0 Å². The molecule has 34 heavy (non-hydrogen) atoms. The van der Waals surface area contributed by atoms with Gasteiger partial charge in [-0.15, -0.1) is 0 Å². The molecule has 0 bridgehead atoms. The van der Waals surface area contributed by atoms with Crippen molar-refractivity contribution in [3.8, 4) is 0 Å². The van der Waals surface area contributed by atoms with Crippen molar-refractivity contribution in [1.29, 1.82) is 0 Å². The molecule has 178 valence electrons. The number of hydrogen-bond donors (Lipinski definition) is 2. The fraction of sp³-hybridized carbons (Fsp3) is 0.200. The second-order valence-corrected chi connectivity index (χ2v) is 10.1. The topological polar surface area (TPSA) is 95.6 Å². The van der Waals surface area contributed by atoms with Gasteiger partial charge in [-0.25, -0.2) is 8.42 Å². The first-order valence-corrected chi connectivity index (χ1v) is 12.4. The average Bonchev–Trinajstić information content (AvgIpc) is 2.80. The summed E-state index contributed by atoms with van der Waals surface area (Å²) in [7, 11) is -4.06. The molecule has 0 heterocycles. The molecule has 9 heteroatoms. The smallest absolute Gasteiger partial charge is 0.243 e. The third kappa shape index (κ3) is 6.66. The van der Waals surface area contributed by atoms with E-state index in [9.17, 15) is 18.0 Å². The van der Waals surface area contributed by atoms with E-state index in [-0.39, 0.29) is 23.4 Å². The molecule has 1 unspecified atom stereocenters. The Labute approximate surface area is 204 Å². The molecule has 0 fully saturated rings. The zero-order valence-corrected chi connectivity index (χ0v) is 20.4. The van der Waals surface area contributed by atoms with Crippen molar-refractivity contribution in [3.05, 3.63) is 95.0 Å². The number of benzene rings is 3. The summed E-state index contributed by atoms with van der Waals surface area (Å²) in [5, 5.41) is 5.86. The van der Waals surface area contributed by atoms with Gasteiger partial charge in [0.25, 0.3) is 0 Å². The van der Waals surface area contributed by atoms with Gasteiger partial charge >= 0.3 is 0 Å². The normalized spacial score (nSPS) is 12.2. The van der Waals surface area contributed by atoms with Gasteiger partial charge in [0.15, 0.2) is 0 Å². The van der Waals surface area contributed by atoms with E-state index in [2.05, 4.69) is 10.6 Å². The molecule has 3 aromatic rings. The van der Waals surface area contributed by atoms with Crippen LogP contribution < -0.4 is 10.6 Å². The van der Waals surface area contributed by atoms with Crippen LogP contribution in [0.25, 0.3) is 0 Å². The fourth-order valence-electron chi connectivity index (χ4n) is 3.38. The van der Waals surface area contributed by atoms with Crippen molar-refractivity contribution < 1.29 is 18.0 Å². The van der Waals surface area contributed by atoms with Crippen LogP contribution in [0.15, 0.2) is 83.8 Å². The molecule has 2 amide bonds. The Balaban J connectivity index is 1.86. The molecule has 0 aromatic heterocycles. The predicted molar refractivity (Wildman–Crippen MR) is 133 cm³/mol. The first-order chi connectivity index (χ1) is 16.2. The van der Waals surface area contributed by atoms with E-state index in [1.54, 1.807) is 24.3 Å². The average molecular weight is 500 g/mol. The maximum absolute atomic E-state index is 13.5. The maximum Gasteiger partial charge on any atom is 0.243 e. The zero-order valence-electron chi connectivity index (χ0n) is 18.9. The van der Waals surface area contributed by atoms with Crippen LogP contribution >= 0.6 is 11.6 Å². The summed E-state index contributed by atoms with van der Waals surface area (Å²) in [5.41, 5.74) is 1.95. The maximum atomic E-state index is 13.5. The quantitative estimate of drug-likeness (QED) is 0.457. The van der Waals surface area contributed by atoms with E-state index in [0.717, 1.165) is 9.87 Å². The fourth-order valence-corrected chi connectivity index (χ4v) is 4.95. The van der Waals surface area contributed by atoms with Crippen molar-refractivity contribution in [2.24, 2.45) is 0 Å². The number of carbonyl (C=O) groups is 2. The summed E-state index contributed by atoms with van der Waals surface area (Å²) < 4.78 is 28.1. The third-order valence-corrected chi connectivity index (χ3v) is 7.29. The Morgan fingerprint density at radius 3 is 2.18 bits per heavy atom. The molecule has 0 aliphatic heterocycles. The van der Waals surface area contributed by atoms with Crippen LogP contribution in [0.2, 0.25) is 5.02 Å². The minimum Gasteiger partial charge on any atom is -0.348 e. The Morgan fingerprint density at radius 1 is 0.941 bits per heavy atom. The molecular formula is C25H26ClN3O4S. The number of anilines is 1. The van der Waals surface area contributed by atoms with Gasteiger partial charge in [0.2, 0.25) is 21.8 Å². The molecule has 0 saturated carbocycles. The molecule has 2 N–H and O–H groups in total. The predicted octanol–water partition coefficient (Wildman–Crippen LogP) is 4.37. The zero-order chi connectivity index (χ0) is 24.7. The number of sulfonamides is 1. The van der Waals surface area contributed by atoms with Crippen LogP contribution in [0.1, 0.15) is 31.0 Å². The highest BCUT2D eigenvalue weighted by Crippen LogP contribution is 2.24. The molecule has 0 radical (unpaired) electrons. The van der Waals surface area contributed by atoms with Crippen LogP contribution in [0.3, 0.4) is 0 Å². The van der Waals surface area contributed by atoms with E-state index in [0.29, 0.717) is 16.3 Å². The first-order valence-electron chi connectivity index (χ1n) is 10.6. The van der Waals surface area contributed by atoms with E-state index < -0.39 is 22.5 Å². The SMILES string of the molecule is CC(=O)Nc1ccc(S(=O)(=O)N(CC(=O)NC(C)c2ccccc2)Cc2ccccc2Cl)cc1. The molecule has 3 rings (SSSR count). The van der Waals surface area contributed by atoms with Crippen LogP contribution in [-0.2, 0) is 26.2 Å². The second kappa shape index (κ2) is 11.3. The second-order valence-electron chi connectivity index (χ2n) is 7.77. The Kier molecular flexibility index (Phi) is 8.44. The lowest BCUT2D eigenvalue weighted by atomic mass is 10.1. The summed E-state index contributed by atoms with van der Waals surface area (Å²) >= 11 is 6.27. The molecule has 3 aromatic carbocycles. The molecule has 0 aliphatic carbocycles. The van der Waals surface area contributed by atoms with Gasteiger partial charge in [0, 0.05) is 24.2 Å². The van der Waals surface area contributed by atoms with Gasteiger partial charge < -0.3 is 10.6 Å². The van der Waals surface area contributed by atoms with Crippen LogP contribution in [0, 0.1) is 0 Å². The minimum absolute atomic E-state index is 0.00226. The van der Waals surface area contributed by atoms with Crippen molar-refractivity contribution >= 4 is 39.1 Å². The Morgan fingerprint density at radius 2 is 1.56 bits per heavy atom. The van der Waals surface area contributed by atoms with Crippen molar-refractivity contribution in [2.75, 3.05) is 11.9 Å². The highest BCUT2D eigenvalue weighted by Gasteiger charge is 2.28. The molecule has 1 atom stereocenters. The largest absolute Gasteiger partial charge is 0.348 e. The third-order valence-electron chi connectivity index (χ3n) is 5.11. The molecule has 0 spiro atoms. The summed E-state index contributed by atoms with van der Waals surface area (Å²) in [6.07, 6.45) is 0. The lowest BCUT2D eigenvalue weighted by molar-refractivity contribution is -0.122. The monoisotopic (exact) mass is 499 g/mol. The molecule has 7 nitrogen and oxygen atoms in total. The number of nitrogens with one attached hydrogen (secondary N) is 2. The number of hydrogen-bond acceptors (Lipinski definition) is 4. The van der Waals surface area contributed by atoms with Gasteiger partial charge in [-0.1, -0.05) is 60.1 Å². The number of carbonyl (C=O) groups excluding carboxylic acids is 2. The highest BCUT2D eigenvalue weighted by atomic mass is 35.5. The number of halogens is 1. The molecule has 0 saturated heterocycles. The summed E-state index contributed by atoms with van der Waals surface area (Å²) in [5.74, 6) is -0.706. The van der Waals surface area contributed by atoms with Crippen LogP contribution in [0.5, 0.6) is 0 Å². The first kappa shape index (κ1) is 25.4. The molecule has 0 aliphatic rings. The van der Waals surface area contributed by atoms with Crippen molar-refractivity contribution in [2.45, 2.75) is 31.3 Å². The Hall–Kier alpha value is -3.20. The summed E-state index contributed by atoms with van der Waals surface area (Å²) in [6, 6.07) is 21.8. The number of rotatable bonds is 9. The lowest BCUT2D eigenvalue weighted by Gasteiger charge is -2.24. The standard InChI is InChI=1S/C25H26ClN3O4S/c1-18(20-8-4-3-5-9-20)27-25(31)17-29(16-21-10-6-7-11-24(21)26)34(32,33)23-14-12-22(13-15-23)28-19(2)30/h3-15,18H,16-17H2,1-2H3,(H,27,31)(H,28,30). The Bertz CT molecular complexity index is 1250. The highest BCUT2D eigenvalue weighted by molar-refractivity contribution is 7.89. The van der Waals surface area contributed by atoms with E-state index in [4.69, 9.17) is 11.6 Å². The van der Waals surface area contributed by atoms with Gasteiger partial charge in [-0.3, -0.25) is 9.59 Å². The lowest BCUT2D eigenvalue weighted by Crippen LogP contribution is -2.41. The van der Waals surface area contributed by atoms with Gasteiger partial charge in [-0.05, 0) is 48.4 Å². The van der Waals surface area contributed by atoms with Gasteiger partial charge in [0.1, 0.15) is 0 Å². The summed E-state index contributed by atoms with van der Waals surface area (Å²) in [6.45, 7) is 2.73.